The van der Waals surface area contributed by atoms with Gasteiger partial charge in [0.15, 0.2) is 17.0 Å². The minimum atomic E-state index is 0.0571. The summed E-state index contributed by atoms with van der Waals surface area (Å²) in [5.41, 5.74) is 1.88. The van der Waals surface area contributed by atoms with Crippen LogP contribution in [0.5, 0.6) is 0 Å². The quantitative estimate of drug-likeness (QED) is 0.760. The Morgan fingerprint density at radius 2 is 1.83 bits per heavy atom. The maximum atomic E-state index is 13.3. The van der Waals surface area contributed by atoms with Crippen LogP contribution in [-0.2, 0) is 17.8 Å². The lowest BCUT2D eigenvalue weighted by atomic mass is 9.89. The molecule has 2 aromatic heterocycles. The third-order valence-electron chi connectivity index (χ3n) is 7.12. The summed E-state index contributed by atoms with van der Waals surface area (Å²) < 4.78 is 2.29. The highest BCUT2D eigenvalue weighted by molar-refractivity contribution is 5.85. The molecular formula is C23H34N6O. The second-order valence-corrected chi connectivity index (χ2v) is 9.83. The molecule has 0 bridgehead atoms. The van der Waals surface area contributed by atoms with E-state index >= 15 is 0 Å². The molecule has 3 atom stereocenters. The molecule has 0 unspecified atom stereocenters. The number of fused-ring (bicyclic) bond motifs is 3. The van der Waals surface area contributed by atoms with E-state index in [0.29, 0.717) is 17.7 Å². The van der Waals surface area contributed by atoms with Crippen molar-refractivity contribution in [3.05, 3.63) is 12.2 Å². The number of nitrogens with zero attached hydrogens (tertiary/aromatic N) is 6. The number of amides is 1. The number of aromatic nitrogens is 4. The van der Waals surface area contributed by atoms with Crippen LogP contribution in [0.4, 0.5) is 5.82 Å². The third-order valence-corrected chi connectivity index (χ3v) is 7.12. The molecule has 0 aliphatic carbocycles. The zero-order valence-corrected chi connectivity index (χ0v) is 18.4. The van der Waals surface area contributed by atoms with Gasteiger partial charge in [-0.2, -0.15) is 0 Å². The van der Waals surface area contributed by atoms with Crippen LogP contribution in [0, 0.1) is 17.8 Å². The molecule has 2 saturated heterocycles. The molecule has 2 fully saturated rings. The fourth-order valence-electron chi connectivity index (χ4n) is 5.83. The van der Waals surface area contributed by atoms with Gasteiger partial charge in [0.05, 0.1) is 5.92 Å². The predicted molar refractivity (Wildman–Crippen MR) is 117 cm³/mol. The number of rotatable bonds is 2. The monoisotopic (exact) mass is 410 g/mol. The lowest BCUT2D eigenvalue weighted by Crippen LogP contribution is -2.49. The molecule has 30 heavy (non-hydrogen) atoms. The molecule has 3 aliphatic heterocycles. The summed E-state index contributed by atoms with van der Waals surface area (Å²) in [6, 6.07) is 0. The summed E-state index contributed by atoms with van der Waals surface area (Å²) in [5.74, 6) is 3.65. The van der Waals surface area contributed by atoms with E-state index in [4.69, 9.17) is 4.98 Å². The van der Waals surface area contributed by atoms with Crippen LogP contribution in [0.1, 0.15) is 58.2 Å². The molecule has 162 valence electrons. The lowest BCUT2D eigenvalue weighted by Gasteiger charge is -2.39. The minimum Gasteiger partial charge on any atom is -0.354 e. The van der Waals surface area contributed by atoms with Crippen LogP contribution >= 0.6 is 0 Å². The molecule has 0 radical (unpaired) electrons. The van der Waals surface area contributed by atoms with E-state index in [-0.39, 0.29) is 5.92 Å². The highest BCUT2D eigenvalue weighted by atomic mass is 16.2. The zero-order chi connectivity index (χ0) is 20.7. The molecule has 3 aliphatic rings. The van der Waals surface area contributed by atoms with Gasteiger partial charge in [0.1, 0.15) is 12.2 Å². The number of carbonyl (C=O) groups excluding carboxylic acids is 1. The maximum absolute atomic E-state index is 13.3. The van der Waals surface area contributed by atoms with E-state index in [9.17, 15) is 4.79 Å². The maximum Gasteiger partial charge on any atom is 0.227 e. The van der Waals surface area contributed by atoms with Crippen molar-refractivity contribution in [3.8, 4) is 0 Å². The van der Waals surface area contributed by atoms with Crippen LogP contribution in [0.2, 0.25) is 0 Å². The van der Waals surface area contributed by atoms with Crippen molar-refractivity contribution in [2.24, 2.45) is 17.8 Å². The molecule has 2 aromatic rings. The Bertz CT molecular complexity index is 914. The van der Waals surface area contributed by atoms with Gasteiger partial charge in [-0.1, -0.05) is 20.3 Å². The molecule has 5 rings (SSSR count). The van der Waals surface area contributed by atoms with E-state index in [1.54, 1.807) is 6.33 Å². The number of aryl methyl sites for hydroxylation is 2. The molecule has 0 spiro atoms. The Morgan fingerprint density at radius 1 is 1.00 bits per heavy atom. The Kier molecular flexibility index (Phi) is 5.37. The summed E-state index contributed by atoms with van der Waals surface area (Å²) >= 11 is 0. The Morgan fingerprint density at radius 3 is 2.67 bits per heavy atom. The van der Waals surface area contributed by atoms with Gasteiger partial charge in [0, 0.05) is 39.1 Å². The number of hydrogen-bond acceptors (Lipinski definition) is 5. The van der Waals surface area contributed by atoms with Crippen LogP contribution in [0.25, 0.3) is 11.2 Å². The fraction of sp³-hybridized carbons (Fsp3) is 0.739. The fourth-order valence-corrected chi connectivity index (χ4v) is 5.83. The Labute approximate surface area is 178 Å². The number of hydrogen-bond donors (Lipinski definition) is 0. The third kappa shape index (κ3) is 3.67. The molecule has 0 saturated carbocycles. The summed E-state index contributed by atoms with van der Waals surface area (Å²) in [4.78, 5) is 31.9. The molecule has 5 heterocycles. The summed E-state index contributed by atoms with van der Waals surface area (Å²) in [6.45, 7) is 9.02. The van der Waals surface area contributed by atoms with Crippen LogP contribution < -0.4 is 4.90 Å². The Hall–Kier alpha value is -2.18. The average molecular weight is 411 g/mol. The predicted octanol–water partition coefficient (Wildman–Crippen LogP) is 3.27. The minimum absolute atomic E-state index is 0.0571. The second-order valence-electron chi connectivity index (χ2n) is 9.83. The van der Waals surface area contributed by atoms with E-state index < -0.39 is 0 Å². The highest BCUT2D eigenvalue weighted by Gasteiger charge is 2.34. The van der Waals surface area contributed by atoms with Crippen LogP contribution in [0.15, 0.2) is 6.33 Å². The molecule has 7 nitrogen and oxygen atoms in total. The standard InChI is InChI=1S/C23H34N6O/c1-16-11-17(2)13-28(12-16)23(30)18-7-6-9-27(14-18)21-20-22(25-15-24-21)29-10-5-3-4-8-19(29)26-20/h15-18H,3-14H2,1-2H3/t16-,17+,18-/m0/s1. The van der Waals surface area contributed by atoms with Gasteiger partial charge in [0.2, 0.25) is 5.91 Å². The first kappa shape index (κ1) is 19.8. The number of piperidine rings is 2. The number of carbonyl (C=O) groups is 1. The van der Waals surface area contributed by atoms with E-state index in [1.807, 2.05) is 0 Å². The first-order chi connectivity index (χ1) is 14.6. The zero-order valence-electron chi connectivity index (χ0n) is 18.4. The molecule has 7 heteroatoms. The van der Waals surface area contributed by atoms with E-state index in [0.717, 1.165) is 74.8 Å². The van der Waals surface area contributed by atoms with Gasteiger partial charge >= 0.3 is 0 Å². The smallest absolute Gasteiger partial charge is 0.227 e. The molecule has 0 aromatic carbocycles. The van der Waals surface area contributed by atoms with Gasteiger partial charge in [-0.05, 0) is 43.9 Å². The normalized spacial score (nSPS) is 27.7. The van der Waals surface area contributed by atoms with Crippen molar-refractivity contribution in [2.45, 2.75) is 65.3 Å². The first-order valence-electron chi connectivity index (χ1n) is 11.8. The number of anilines is 1. The second kappa shape index (κ2) is 8.16. The molecule has 0 N–H and O–H groups in total. The van der Waals surface area contributed by atoms with Crippen molar-refractivity contribution in [1.29, 1.82) is 0 Å². The van der Waals surface area contributed by atoms with Crippen molar-refractivity contribution >= 4 is 22.9 Å². The first-order valence-corrected chi connectivity index (χ1v) is 11.8. The summed E-state index contributed by atoms with van der Waals surface area (Å²) in [7, 11) is 0. The lowest BCUT2D eigenvalue weighted by molar-refractivity contribution is -0.138. The molecular weight excluding hydrogens is 376 g/mol. The van der Waals surface area contributed by atoms with Gasteiger partial charge in [0.25, 0.3) is 0 Å². The van der Waals surface area contributed by atoms with Crippen molar-refractivity contribution in [1.82, 2.24) is 24.4 Å². The molecule has 1 amide bonds. The summed E-state index contributed by atoms with van der Waals surface area (Å²) in [6.07, 6.45) is 9.55. The van der Waals surface area contributed by atoms with Gasteiger partial charge in [-0.15, -0.1) is 0 Å². The van der Waals surface area contributed by atoms with Crippen LogP contribution in [-0.4, -0.2) is 56.5 Å². The van der Waals surface area contributed by atoms with Gasteiger partial charge in [-0.3, -0.25) is 4.79 Å². The van der Waals surface area contributed by atoms with Crippen molar-refractivity contribution in [2.75, 3.05) is 31.1 Å². The number of likely N-dealkylation sites (tertiary alicyclic amines) is 1. The Balaban J connectivity index is 1.38. The van der Waals surface area contributed by atoms with Crippen LogP contribution in [0.3, 0.4) is 0 Å². The summed E-state index contributed by atoms with van der Waals surface area (Å²) in [5, 5.41) is 0. The van der Waals surface area contributed by atoms with E-state index in [1.165, 1.54) is 25.7 Å². The van der Waals surface area contributed by atoms with Gasteiger partial charge < -0.3 is 14.4 Å². The van der Waals surface area contributed by atoms with Gasteiger partial charge in [-0.25, -0.2) is 15.0 Å². The highest BCUT2D eigenvalue weighted by Crippen LogP contribution is 2.31. The van der Waals surface area contributed by atoms with Crippen molar-refractivity contribution in [3.63, 3.8) is 0 Å². The van der Waals surface area contributed by atoms with Crippen molar-refractivity contribution < 1.29 is 4.79 Å². The van der Waals surface area contributed by atoms with E-state index in [2.05, 4.69) is 38.2 Å². The largest absolute Gasteiger partial charge is 0.354 e. The average Bonchev–Trinajstić information content (AvgIpc) is 2.93. The number of imidazole rings is 1. The topological polar surface area (TPSA) is 67.2 Å². The SMILES string of the molecule is C[C@@H]1C[C@H](C)CN(C(=O)[C@H]2CCCN(c3ncnc4c3nc3n4CCCCC3)C2)C1.